The van der Waals surface area contributed by atoms with E-state index in [1.807, 2.05) is 0 Å². The number of H-pyrrole nitrogens is 1. The molecule has 3 rings (SSSR count). The average molecular weight is 209 g/mol. The van der Waals surface area contributed by atoms with Gasteiger partial charge in [0, 0.05) is 33.1 Å². The fourth-order valence-corrected chi connectivity index (χ4v) is 1.74. The normalized spacial score (nSPS) is 20.6. The Kier molecular flexibility index (Phi) is 3.78. The van der Waals surface area contributed by atoms with Gasteiger partial charge in [-0.25, -0.2) is 4.98 Å². The second-order valence-corrected chi connectivity index (χ2v) is 4.55. The molecule has 2 aliphatic rings. The van der Waals surface area contributed by atoms with Crippen LogP contribution in [0.25, 0.3) is 0 Å². The molecule has 0 saturated heterocycles. The number of hydrogen-bond acceptors (Lipinski definition) is 2. The first-order chi connectivity index (χ1) is 7.36. The molecule has 1 aromatic rings. The number of hydrogen-bond donors (Lipinski definition) is 1. The van der Waals surface area contributed by atoms with Crippen LogP contribution in [0.5, 0.6) is 0 Å². The van der Waals surface area contributed by atoms with E-state index >= 15 is 0 Å². The Hall–Kier alpha value is -0.830. The smallest absolute Gasteiger partial charge is 0.0925 e. The number of likely N-dealkylation sites (N-methyl/N-ethyl adjacent to an activating group) is 1. The van der Waals surface area contributed by atoms with Gasteiger partial charge in [0.15, 0.2) is 0 Å². The zero-order valence-electron chi connectivity index (χ0n) is 9.63. The zero-order chi connectivity index (χ0) is 10.5. The molecule has 1 aliphatic carbocycles. The molecular formula is C12H23N3. The molecule has 86 valence electrons. The van der Waals surface area contributed by atoms with E-state index in [1.54, 1.807) is 6.33 Å². The highest BCUT2D eigenvalue weighted by Gasteiger charge is 2.11. The lowest BCUT2D eigenvalue weighted by atomic mass is 10.0. The van der Waals surface area contributed by atoms with E-state index in [9.17, 15) is 0 Å². The van der Waals surface area contributed by atoms with Crippen molar-refractivity contribution < 1.29 is 1.43 Å². The topological polar surface area (TPSA) is 31.9 Å². The molecule has 0 amide bonds. The van der Waals surface area contributed by atoms with Gasteiger partial charge in [-0.2, -0.15) is 0 Å². The largest absolute Gasteiger partial charge is 0.348 e. The van der Waals surface area contributed by atoms with Gasteiger partial charge >= 0.3 is 0 Å². The lowest BCUT2D eigenvalue weighted by Gasteiger charge is -2.10. The van der Waals surface area contributed by atoms with E-state index in [-0.39, 0.29) is 1.43 Å². The second kappa shape index (κ2) is 5.31. The van der Waals surface area contributed by atoms with Crippen molar-refractivity contribution in [3.8, 4) is 0 Å². The summed E-state index contributed by atoms with van der Waals surface area (Å²) in [5, 5.41) is 0. The SMILES string of the molecule is C1CCC1.CN1CCc2nc[nH]c2CC1.[HH]. The summed E-state index contributed by atoms with van der Waals surface area (Å²) in [7, 11) is 2.16. The summed E-state index contributed by atoms with van der Waals surface area (Å²) in [6.07, 6.45) is 10.0. The molecule has 1 N–H and O–H groups in total. The van der Waals surface area contributed by atoms with Crippen molar-refractivity contribution in [1.29, 1.82) is 0 Å². The first kappa shape index (κ1) is 10.7. The third kappa shape index (κ3) is 3.06. The summed E-state index contributed by atoms with van der Waals surface area (Å²) in [6.45, 7) is 2.28. The van der Waals surface area contributed by atoms with Gasteiger partial charge in [0.2, 0.25) is 0 Å². The van der Waals surface area contributed by atoms with Crippen LogP contribution < -0.4 is 0 Å². The maximum absolute atomic E-state index is 4.27. The zero-order valence-corrected chi connectivity index (χ0v) is 9.63. The van der Waals surface area contributed by atoms with Crippen molar-refractivity contribution >= 4 is 0 Å². The molecule has 0 radical (unpaired) electrons. The van der Waals surface area contributed by atoms with Gasteiger partial charge in [0.1, 0.15) is 0 Å². The van der Waals surface area contributed by atoms with Gasteiger partial charge in [-0.3, -0.25) is 0 Å². The predicted molar refractivity (Wildman–Crippen MR) is 64.1 cm³/mol. The van der Waals surface area contributed by atoms with Crippen LogP contribution in [0.3, 0.4) is 0 Å². The number of aromatic nitrogens is 2. The quantitative estimate of drug-likeness (QED) is 0.710. The molecule has 3 nitrogen and oxygen atoms in total. The Morgan fingerprint density at radius 3 is 2.53 bits per heavy atom. The minimum Gasteiger partial charge on any atom is -0.348 e. The van der Waals surface area contributed by atoms with Crippen molar-refractivity contribution in [2.75, 3.05) is 20.1 Å². The molecule has 0 atom stereocenters. The molecule has 3 heteroatoms. The second-order valence-electron chi connectivity index (χ2n) is 4.55. The van der Waals surface area contributed by atoms with Gasteiger partial charge in [-0.1, -0.05) is 25.7 Å². The number of nitrogens with one attached hydrogen (secondary N) is 1. The van der Waals surface area contributed by atoms with E-state index in [0.29, 0.717) is 0 Å². The molecular weight excluding hydrogens is 186 g/mol. The summed E-state index contributed by atoms with van der Waals surface area (Å²) < 4.78 is 0. The third-order valence-corrected chi connectivity index (χ3v) is 3.28. The van der Waals surface area contributed by atoms with Gasteiger partial charge < -0.3 is 9.88 Å². The minimum absolute atomic E-state index is 0. The number of aromatic amines is 1. The third-order valence-electron chi connectivity index (χ3n) is 3.28. The van der Waals surface area contributed by atoms with Crippen molar-refractivity contribution in [1.82, 2.24) is 14.9 Å². The van der Waals surface area contributed by atoms with Gasteiger partial charge in [0.05, 0.1) is 12.0 Å². The van der Waals surface area contributed by atoms with E-state index in [2.05, 4.69) is 21.9 Å². The van der Waals surface area contributed by atoms with Gasteiger partial charge in [-0.15, -0.1) is 0 Å². The van der Waals surface area contributed by atoms with Crippen LogP contribution >= 0.6 is 0 Å². The molecule has 0 aromatic carbocycles. The summed E-state index contributed by atoms with van der Waals surface area (Å²) in [5.41, 5.74) is 2.59. The van der Waals surface area contributed by atoms with Crippen LogP contribution in [0.1, 0.15) is 38.5 Å². The van der Waals surface area contributed by atoms with E-state index in [4.69, 9.17) is 0 Å². The van der Waals surface area contributed by atoms with Crippen LogP contribution in [0.2, 0.25) is 0 Å². The Morgan fingerprint density at radius 2 is 1.87 bits per heavy atom. The number of imidazole rings is 1. The van der Waals surface area contributed by atoms with E-state index < -0.39 is 0 Å². The first-order valence-corrected chi connectivity index (χ1v) is 6.06. The lowest BCUT2D eigenvalue weighted by Crippen LogP contribution is -2.21. The Balaban J connectivity index is 0.000000219. The number of nitrogens with zero attached hydrogens (tertiary/aromatic N) is 2. The molecule has 0 unspecified atom stereocenters. The van der Waals surface area contributed by atoms with Crippen LogP contribution in [0.4, 0.5) is 0 Å². The number of fused-ring (bicyclic) bond motifs is 1. The highest BCUT2D eigenvalue weighted by atomic mass is 15.1. The van der Waals surface area contributed by atoms with Crippen molar-refractivity contribution in [2.24, 2.45) is 0 Å². The summed E-state index contributed by atoms with van der Waals surface area (Å²) >= 11 is 0. The maximum Gasteiger partial charge on any atom is 0.0925 e. The minimum atomic E-state index is 0. The molecule has 1 aliphatic heterocycles. The van der Waals surface area contributed by atoms with Crippen molar-refractivity contribution in [2.45, 2.75) is 38.5 Å². The van der Waals surface area contributed by atoms with E-state index in [0.717, 1.165) is 25.9 Å². The highest BCUT2D eigenvalue weighted by Crippen LogP contribution is 2.15. The molecule has 2 heterocycles. The van der Waals surface area contributed by atoms with Gasteiger partial charge in [-0.05, 0) is 7.05 Å². The Bertz CT molecular complexity index is 268. The molecule has 1 aromatic heterocycles. The summed E-state index contributed by atoms with van der Waals surface area (Å²) in [6, 6.07) is 0. The van der Waals surface area contributed by atoms with Crippen LogP contribution in [0.15, 0.2) is 6.33 Å². The van der Waals surface area contributed by atoms with Crippen molar-refractivity contribution in [3.63, 3.8) is 0 Å². The monoisotopic (exact) mass is 209 g/mol. The van der Waals surface area contributed by atoms with Gasteiger partial charge in [0.25, 0.3) is 0 Å². The molecule has 0 bridgehead atoms. The number of rotatable bonds is 0. The first-order valence-electron chi connectivity index (χ1n) is 6.06. The molecule has 0 spiro atoms. The van der Waals surface area contributed by atoms with Crippen molar-refractivity contribution in [3.05, 3.63) is 17.7 Å². The average Bonchev–Trinajstić information content (AvgIpc) is 2.49. The van der Waals surface area contributed by atoms with E-state index in [1.165, 1.54) is 37.1 Å². The van der Waals surface area contributed by atoms with Crippen LogP contribution in [0, 0.1) is 0 Å². The summed E-state index contributed by atoms with van der Waals surface area (Å²) in [4.78, 5) is 9.79. The Labute approximate surface area is 93.4 Å². The van der Waals surface area contributed by atoms with Crippen LogP contribution in [-0.4, -0.2) is 35.0 Å². The highest BCUT2D eigenvalue weighted by molar-refractivity contribution is 5.13. The van der Waals surface area contributed by atoms with Crippen LogP contribution in [-0.2, 0) is 12.8 Å². The fraction of sp³-hybridized carbons (Fsp3) is 0.750. The standard InChI is InChI=1S/C8H13N3.C4H8.H2/c1-11-4-2-7-8(3-5-11)10-6-9-7;1-2-4-3-1;/h6H,2-5H2,1H3,(H,9,10);1-4H2;1H. The molecule has 15 heavy (non-hydrogen) atoms. The molecule has 1 fully saturated rings. The fourth-order valence-electron chi connectivity index (χ4n) is 1.74. The summed E-state index contributed by atoms with van der Waals surface area (Å²) in [5.74, 6) is 0. The molecule has 1 saturated carbocycles. The Morgan fingerprint density at radius 1 is 1.20 bits per heavy atom. The predicted octanol–water partition coefficient (Wildman–Crippen LogP) is 2.25. The lowest BCUT2D eigenvalue weighted by molar-refractivity contribution is 0.351. The maximum atomic E-state index is 4.27.